The van der Waals surface area contributed by atoms with Gasteiger partial charge in [0.15, 0.2) is 0 Å². The van der Waals surface area contributed by atoms with E-state index in [4.69, 9.17) is 10.2 Å². The van der Waals surface area contributed by atoms with E-state index in [1.165, 1.54) is 0 Å². The topological polar surface area (TPSA) is 67.3 Å². The van der Waals surface area contributed by atoms with E-state index in [0.717, 1.165) is 38.5 Å². The van der Waals surface area contributed by atoms with Crippen LogP contribution in [-0.4, -0.2) is 36.1 Å². The van der Waals surface area contributed by atoms with Gasteiger partial charge < -0.3 is 15.5 Å². The van der Waals surface area contributed by atoms with Crippen LogP contribution in [0.15, 0.2) is 10.6 Å². The minimum absolute atomic E-state index is 0.255. The lowest BCUT2D eigenvalue weighted by atomic mass is 10.3. The third kappa shape index (κ3) is 2.19. The number of hydrogen-bond acceptors (Lipinski definition) is 5. The van der Waals surface area contributed by atoms with Gasteiger partial charge in [0.2, 0.25) is 0 Å². The van der Waals surface area contributed by atoms with Crippen molar-refractivity contribution in [3.63, 3.8) is 0 Å². The summed E-state index contributed by atoms with van der Waals surface area (Å²) in [5.74, 6) is 0.847. The second-order valence-electron chi connectivity index (χ2n) is 3.19. The lowest BCUT2D eigenvalue weighted by molar-refractivity contribution is 0.217. The Balaban J connectivity index is 1.89. The zero-order valence-electron chi connectivity index (χ0n) is 7.49. The van der Waals surface area contributed by atoms with Gasteiger partial charge in [-0.3, -0.25) is 4.90 Å². The van der Waals surface area contributed by atoms with Gasteiger partial charge in [0, 0.05) is 26.2 Å². The van der Waals surface area contributed by atoms with Crippen LogP contribution in [0.3, 0.4) is 0 Å². The average molecular weight is 182 g/mol. The third-order valence-corrected chi connectivity index (χ3v) is 2.16. The molecule has 1 aliphatic rings. The van der Waals surface area contributed by atoms with E-state index in [1.54, 1.807) is 6.20 Å². The molecule has 0 saturated carbocycles. The Morgan fingerprint density at radius 2 is 2.31 bits per heavy atom. The average Bonchev–Trinajstić information content (AvgIpc) is 2.53. The van der Waals surface area contributed by atoms with Crippen LogP contribution in [0.4, 0.5) is 6.01 Å². The summed E-state index contributed by atoms with van der Waals surface area (Å²) in [7, 11) is 0. The van der Waals surface area contributed by atoms with Crippen molar-refractivity contribution in [1.82, 2.24) is 15.2 Å². The molecule has 0 amide bonds. The molecule has 0 aliphatic carbocycles. The first-order chi connectivity index (χ1) is 6.34. The number of nitrogens with two attached hydrogens (primary N) is 1. The first kappa shape index (κ1) is 8.52. The van der Waals surface area contributed by atoms with E-state index in [0.29, 0.717) is 0 Å². The zero-order valence-corrected chi connectivity index (χ0v) is 7.49. The summed E-state index contributed by atoms with van der Waals surface area (Å²) in [5.41, 5.74) is 5.38. The van der Waals surface area contributed by atoms with E-state index in [-0.39, 0.29) is 6.01 Å². The van der Waals surface area contributed by atoms with Crippen LogP contribution in [-0.2, 0) is 6.54 Å². The van der Waals surface area contributed by atoms with E-state index >= 15 is 0 Å². The Bertz CT molecular complexity index is 267. The Hall–Kier alpha value is -1.07. The normalized spacial score (nSPS) is 19.1. The minimum atomic E-state index is 0.255. The second kappa shape index (κ2) is 3.76. The molecule has 1 aromatic heterocycles. The lowest BCUT2D eigenvalue weighted by Crippen LogP contribution is -2.42. The van der Waals surface area contributed by atoms with Crippen LogP contribution in [0, 0.1) is 0 Å². The van der Waals surface area contributed by atoms with Gasteiger partial charge in [-0.1, -0.05) is 0 Å². The largest absolute Gasteiger partial charge is 0.428 e. The smallest absolute Gasteiger partial charge is 0.292 e. The van der Waals surface area contributed by atoms with Gasteiger partial charge in [0.25, 0.3) is 6.01 Å². The predicted octanol–water partition coefficient (Wildman–Crippen LogP) is -0.338. The fourth-order valence-electron chi connectivity index (χ4n) is 1.49. The van der Waals surface area contributed by atoms with E-state index in [9.17, 15) is 0 Å². The molecule has 2 heterocycles. The highest BCUT2D eigenvalue weighted by Gasteiger charge is 2.11. The number of nitrogens with one attached hydrogen (secondary N) is 1. The first-order valence-corrected chi connectivity index (χ1v) is 4.48. The Morgan fingerprint density at radius 1 is 1.54 bits per heavy atom. The number of hydrogen-bond donors (Lipinski definition) is 2. The Kier molecular flexibility index (Phi) is 2.47. The molecule has 5 heteroatoms. The van der Waals surface area contributed by atoms with Gasteiger partial charge in [-0.25, -0.2) is 4.98 Å². The molecule has 1 aromatic rings. The molecule has 0 bridgehead atoms. The van der Waals surface area contributed by atoms with Crippen LogP contribution in [0.1, 0.15) is 5.76 Å². The zero-order chi connectivity index (χ0) is 9.10. The van der Waals surface area contributed by atoms with Crippen molar-refractivity contribution in [1.29, 1.82) is 0 Å². The van der Waals surface area contributed by atoms with Crippen LogP contribution in [0.2, 0.25) is 0 Å². The Morgan fingerprint density at radius 3 is 2.92 bits per heavy atom. The molecule has 1 fully saturated rings. The summed E-state index contributed by atoms with van der Waals surface area (Å²) >= 11 is 0. The molecular formula is C8H14N4O. The highest BCUT2D eigenvalue weighted by atomic mass is 16.4. The summed E-state index contributed by atoms with van der Waals surface area (Å²) in [6.07, 6.45) is 1.69. The van der Waals surface area contributed by atoms with Crippen molar-refractivity contribution < 1.29 is 4.42 Å². The molecule has 0 radical (unpaired) electrons. The van der Waals surface area contributed by atoms with Crippen molar-refractivity contribution in [2.45, 2.75) is 6.54 Å². The fraction of sp³-hybridized carbons (Fsp3) is 0.625. The standard InChI is InChI=1S/C8H14N4O/c9-8-11-5-7(13-8)6-12-3-1-10-2-4-12/h5,10H,1-4,6H2,(H2,9,11). The van der Waals surface area contributed by atoms with Gasteiger partial charge in [-0.05, 0) is 0 Å². The minimum Gasteiger partial charge on any atom is -0.428 e. The maximum Gasteiger partial charge on any atom is 0.292 e. The van der Waals surface area contributed by atoms with Crippen LogP contribution < -0.4 is 11.1 Å². The quantitative estimate of drug-likeness (QED) is 0.655. The van der Waals surface area contributed by atoms with E-state index < -0.39 is 0 Å². The number of nitrogens with zero attached hydrogens (tertiary/aromatic N) is 2. The van der Waals surface area contributed by atoms with Crippen LogP contribution >= 0.6 is 0 Å². The number of aromatic nitrogens is 1. The maximum absolute atomic E-state index is 5.38. The van der Waals surface area contributed by atoms with E-state index in [2.05, 4.69) is 15.2 Å². The predicted molar refractivity (Wildman–Crippen MR) is 49.1 cm³/mol. The maximum atomic E-state index is 5.38. The molecule has 72 valence electrons. The lowest BCUT2D eigenvalue weighted by Gasteiger charge is -2.25. The summed E-state index contributed by atoms with van der Waals surface area (Å²) in [6, 6.07) is 0.255. The van der Waals surface area contributed by atoms with Gasteiger partial charge in [0.1, 0.15) is 5.76 Å². The van der Waals surface area contributed by atoms with Crippen molar-refractivity contribution in [3.05, 3.63) is 12.0 Å². The SMILES string of the molecule is Nc1ncc(CN2CCNCC2)o1. The molecule has 0 spiro atoms. The van der Waals surface area contributed by atoms with Crippen molar-refractivity contribution in [2.24, 2.45) is 0 Å². The van der Waals surface area contributed by atoms with Gasteiger partial charge >= 0.3 is 0 Å². The molecule has 3 N–H and O–H groups in total. The molecule has 5 nitrogen and oxygen atoms in total. The van der Waals surface area contributed by atoms with Gasteiger partial charge in [-0.15, -0.1) is 0 Å². The molecule has 1 aliphatic heterocycles. The molecule has 13 heavy (non-hydrogen) atoms. The molecule has 0 aromatic carbocycles. The monoisotopic (exact) mass is 182 g/mol. The number of oxazole rings is 1. The van der Waals surface area contributed by atoms with Crippen molar-refractivity contribution in [2.75, 3.05) is 31.9 Å². The molecule has 1 saturated heterocycles. The molecule has 0 unspecified atom stereocenters. The molecule has 0 atom stereocenters. The number of anilines is 1. The van der Waals surface area contributed by atoms with Crippen LogP contribution in [0.5, 0.6) is 0 Å². The summed E-state index contributed by atoms with van der Waals surface area (Å²) in [4.78, 5) is 6.17. The second-order valence-corrected chi connectivity index (χ2v) is 3.19. The number of nitrogen functional groups attached to an aromatic ring is 1. The number of piperazine rings is 1. The Labute approximate surface area is 76.9 Å². The van der Waals surface area contributed by atoms with Crippen molar-refractivity contribution in [3.8, 4) is 0 Å². The fourth-order valence-corrected chi connectivity index (χ4v) is 1.49. The number of rotatable bonds is 2. The highest BCUT2D eigenvalue weighted by Crippen LogP contribution is 2.08. The summed E-state index contributed by atoms with van der Waals surface area (Å²) in [6.45, 7) is 5.01. The molecule has 2 rings (SSSR count). The summed E-state index contributed by atoms with van der Waals surface area (Å²) < 4.78 is 5.19. The molecular weight excluding hydrogens is 168 g/mol. The van der Waals surface area contributed by atoms with Crippen molar-refractivity contribution >= 4 is 6.01 Å². The highest BCUT2D eigenvalue weighted by molar-refractivity contribution is 5.10. The van der Waals surface area contributed by atoms with Gasteiger partial charge in [-0.2, -0.15) is 0 Å². The van der Waals surface area contributed by atoms with Crippen LogP contribution in [0.25, 0.3) is 0 Å². The summed E-state index contributed by atoms with van der Waals surface area (Å²) in [5, 5.41) is 3.29. The third-order valence-electron chi connectivity index (χ3n) is 2.16. The van der Waals surface area contributed by atoms with E-state index in [1.807, 2.05) is 0 Å². The van der Waals surface area contributed by atoms with Gasteiger partial charge in [0.05, 0.1) is 12.7 Å². The first-order valence-electron chi connectivity index (χ1n) is 4.48.